The highest BCUT2D eigenvalue weighted by Gasteiger charge is 2.41. The Morgan fingerprint density at radius 3 is 2.96 bits per heavy atom. The summed E-state index contributed by atoms with van der Waals surface area (Å²) in [4.78, 5) is 25.8. The minimum absolute atomic E-state index is 0.0617. The van der Waals surface area contributed by atoms with Crippen molar-refractivity contribution in [3.63, 3.8) is 0 Å². The lowest BCUT2D eigenvalue weighted by molar-refractivity contribution is -0.114. The molecule has 0 spiro atoms. The maximum atomic E-state index is 13.1. The second-order valence-electron chi connectivity index (χ2n) is 5.53. The molecule has 4 rings (SSSR count). The average Bonchev–Trinajstić information content (AvgIpc) is 3.05. The number of hydrogen-bond acceptors (Lipinski definition) is 6. The molecule has 0 aromatic heterocycles. The molecule has 0 saturated carbocycles. The third-order valence-electron chi connectivity index (χ3n) is 4.16. The smallest absolute Gasteiger partial charge is 0.270 e. The minimum atomic E-state index is -0.0815. The van der Waals surface area contributed by atoms with Crippen molar-refractivity contribution in [2.24, 2.45) is 9.98 Å². The minimum Gasteiger partial charge on any atom is -0.341 e. The fraction of sp³-hybridized carbons (Fsp3) is 0.312. The van der Waals surface area contributed by atoms with Gasteiger partial charge in [0.05, 0.1) is 17.8 Å². The highest BCUT2D eigenvalue weighted by molar-refractivity contribution is 7.99. The Hall–Kier alpha value is -2.28. The van der Waals surface area contributed by atoms with E-state index >= 15 is 0 Å². The van der Waals surface area contributed by atoms with Gasteiger partial charge in [-0.2, -0.15) is 0 Å². The zero-order valence-electron chi connectivity index (χ0n) is 13.0. The summed E-state index contributed by atoms with van der Waals surface area (Å²) < 4.78 is 0. The molecule has 1 aromatic rings. The van der Waals surface area contributed by atoms with E-state index in [4.69, 9.17) is 0 Å². The lowest BCUT2D eigenvalue weighted by Gasteiger charge is -2.39. The molecule has 1 unspecified atom stereocenters. The Morgan fingerprint density at radius 2 is 2.17 bits per heavy atom. The number of aliphatic imine (C=N–C) groups is 2. The van der Waals surface area contributed by atoms with Crippen molar-refractivity contribution in [3.8, 4) is 0 Å². The van der Waals surface area contributed by atoms with E-state index in [0.29, 0.717) is 18.1 Å². The molecule has 0 saturated heterocycles. The average molecular weight is 327 g/mol. The molecule has 118 valence electrons. The number of nitrogens with zero attached hydrogens (tertiary/aromatic N) is 4. The Kier molecular flexibility index (Phi) is 3.37. The molecule has 1 aromatic carbocycles. The molecule has 1 amide bonds. The van der Waals surface area contributed by atoms with E-state index in [9.17, 15) is 4.79 Å². The van der Waals surface area contributed by atoms with Crippen LogP contribution >= 0.6 is 11.8 Å². The van der Waals surface area contributed by atoms with Crippen LogP contribution in [0.1, 0.15) is 5.56 Å². The number of carbonyl (C=O) groups is 1. The molecular weight excluding hydrogens is 310 g/mol. The van der Waals surface area contributed by atoms with Gasteiger partial charge in [0, 0.05) is 12.8 Å². The molecular formula is C16H17N5OS. The maximum absolute atomic E-state index is 13.1. The third-order valence-corrected chi connectivity index (χ3v) is 4.84. The van der Waals surface area contributed by atoms with Crippen LogP contribution in [0.5, 0.6) is 0 Å². The molecule has 6 nitrogen and oxygen atoms in total. The summed E-state index contributed by atoms with van der Waals surface area (Å²) in [5.74, 6) is 1.44. The zero-order valence-corrected chi connectivity index (χ0v) is 13.8. The van der Waals surface area contributed by atoms with Gasteiger partial charge in [-0.3, -0.25) is 19.7 Å². The molecule has 0 radical (unpaired) electrons. The van der Waals surface area contributed by atoms with Crippen molar-refractivity contribution in [3.05, 3.63) is 41.2 Å². The number of aryl methyl sites for hydroxylation is 1. The van der Waals surface area contributed by atoms with Crippen LogP contribution in [0.25, 0.3) is 0 Å². The number of anilines is 1. The second-order valence-corrected chi connectivity index (χ2v) is 6.45. The first-order valence-corrected chi connectivity index (χ1v) is 8.78. The fourth-order valence-electron chi connectivity index (χ4n) is 3.02. The first-order valence-electron chi connectivity index (χ1n) is 7.49. The van der Waals surface area contributed by atoms with E-state index in [1.807, 2.05) is 37.4 Å². The molecule has 0 aliphatic carbocycles. The van der Waals surface area contributed by atoms with Crippen molar-refractivity contribution in [1.29, 1.82) is 0 Å². The standard InChI is InChI=1S/C16H17N5OS/c1-10-5-3-4-6-12(10)21-14(22)11-9-18-15(23-2)19-13(11)20-8-7-17-16(20)21/h3-6,9,15,19H,7-8H2,1-2H3. The van der Waals surface area contributed by atoms with Crippen LogP contribution in [0.15, 0.2) is 45.6 Å². The summed E-state index contributed by atoms with van der Waals surface area (Å²) in [5.41, 5.74) is 2.45. The van der Waals surface area contributed by atoms with Crippen molar-refractivity contribution in [1.82, 2.24) is 10.2 Å². The molecule has 7 heteroatoms. The van der Waals surface area contributed by atoms with E-state index in [1.54, 1.807) is 22.9 Å². The van der Waals surface area contributed by atoms with E-state index in [-0.39, 0.29) is 11.4 Å². The van der Waals surface area contributed by atoms with Gasteiger partial charge in [0.25, 0.3) is 5.91 Å². The SMILES string of the molecule is CSC1N=CC2=C(N1)N1CCN=C1N(c1ccccc1C)C2=O. The number of guanidine groups is 1. The van der Waals surface area contributed by atoms with Crippen molar-refractivity contribution >= 4 is 35.5 Å². The molecule has 1 atom stereocenters. The molecule has 23 heavy (non-hydrogen) atoms. The van der Waals surface area contributed by atoms with Crippen LogP contribution in [-0.2, 0) is 4.79 Å². The summed E-state index contributed by atoms with van der Waals surface area (Å²) in [7, 11) is 0. The van der Waals surface area contributed by atoms with Gasteiger partial charge in [0.1, 0.15) is 5.82 Å². The Morgan fingerprint density at radius 1 is 1.35 bits per heavy atom. The predicted molar refractivity (Wildman–Crippen MR) is 93.6 cm³/mol. The number of carbonyl (C=O) groups excluding carboxylic acids is 1. The molecule has 0 bridgehead atoms. The van der Waals surface area contributed by atoms with Gasteiger partial charge >= 0.3 is 0 Å². The predicted octanol–water partition coefficient (Wildman–Crippen LogP) is 1.55. The molecule has 3 aliphatic rings. The molecule has 1 N–H and O–H groups in total. The highest BCUT2D eigenvalue weighted by Crippen LogP contribution is 2.31. The van der Waals surface area contributed by atoms with Crippen LogP contribution < -0.4 is 10.2 Å². The van der Waals surface area contributed by atoms with Crippen LogP contribution in [0.2, 0.25) is 0 Å². The van der Waals surface area contributed by atoms with Crippen molar-refractivity contribution in [2.75, 3.05) is 24.2 Å². The van der Waals surface area contributed by atoms with Gasteiger partial charge in [-0.1, -0.05) is 18.2 Å². The molecule has 3 aliphatic heterocycles. The molecule has 0 fully saturated rings. The van der Waals surface area contributed by atoms with E-state index in [1.165, 1.54) is 0 Å². The van der Waals surface area contributed by atoms with Gasteiger partial charge < -0.3 is 5.32 Å². The van der Waals surface area contributed by atoms with Crippen molar-refractivity contribution in [2.45, 2.75) is 12.4 Å². The first-order chi connectivity index (χ1) is 11.2. The monoisotopic (exact) mass is 327 g/mol. The van der Waals surface area contributed by atoms with Gasteiger partial charge in [-0.15, -0.1) is 11.8 Å². The van der Waals surface area contributed by atoms with E-state index < -0.39 is 0 Å². The first kappa shape index (κ1) is 14.3. The van der Waals surface area contributed by atoms with Gasteiger partial charge in [0.2, 0.25) is 5.96 Å². The number of rotatable bonds is 2. The maximum Gasteiger partial charge on any atom is 0.270 e. The quantitative estimate of drug-likeness (QED) is 0.895. The largest absolute Gasteiger partial charge is 0.341 e. The number of hydrogen-bond donors (Lipinski definition) is 1. The number of benzene rings is 1. The topological polar surface area (TPSA) is 60.3 Å². The number of fused-ring (bicyclic) bond motifs is 2. The summed E-state index contributed by atoms with van der Waals surface area (Å²) in [6.07, 6.45) is 3.68. The van der Waals surface area contributed by atoms with Crippen LogP contribution in [-0.4, -0.2) is 47.8 Å². The Bertz CT molecular complexity index is 769. The van der Waals surface area contributed by atoms with E-state index in [2.05, 4.69) is 20.2 Å². The zero-order chi connectivity index (χ0) is 16.0. The van der Waals surface area contributed by atoms with Crippen LogP contribution in [0, 0.1) is 6.92 Å². The van der Waals surface area contributed by atoms with Crippen molar-refractivity contribution < 1.29 is 4.79 Å². The normalized spacial score (nSPS) is 22.8. The Labute approximate surface area is 139 Å². The van der Waals surface area contributed by atoms with Gasteiger partial charge in [-0.05, 0) is 24.8 Å². The number of amides is 1. The summed E-state index contributed by atoms with van der Waals surface area (Å²) in [6, 6.07) is 7.87. The molecule has 3 heterocycles. The summed E-state index contributed by atoms with van der Waals surface area (Å²) in [6.45, 7) is 3.46. The number of nitrogens with one attached hydrogen (secondary N) is 1. The number of thioether (sulfide) groups is 1. The lowest BCUT2D eigenvalue weighted by atomic mass is 10.1. The van der Waals surface area contributed by atoms with Crippen LogP contribution in [0.4, 0.5) is 5.69 Å². The van der Waals surface area contributed by atoms with Gasteiger partial charge in [-0.25, -0.2) is 4.90 Å². The van der Waals surface area contributed by atoms with E-state index in [0.717, 1.165) is 23.6 Å². The Balaban J connectivity index is 1.83. The number of para-hydroxylation sites is 1. The summed E-state index contributed by atoms with van der Waals surface area (Å²) in [5, 5.41) is 3.34. The lowest BCUT2D eigenvalue weighted by Crippen LogP contribution is -2.55. The van der Waals surface area contributed by atoms with Gasteiger partial charge in [0.15, 0.2) is 5.50 Å². The highest BCUT2D eigenvalue weighted by atomic mass is 32.2. The fourth-order valence-corrected chi connectivity index (χ4v) is 3.43. The third kappa shape index (κ3) is 2.15. The van der Waals surface area contributed by atoms with Crippen LogP contribution in [0.3, 0.4) is 0 Å². The summed E-state index contributed by atoms with van der Waals surface area (Å²) >= 11 is 1.60. The second kappa shape index (κ2) is 5.42.